The zero-order chi connectivity index (χ0) is 18.2. The van der Waals surface area contributed by atoms with Crippen molar-refractivity contribution < 1.29 is 27.9 Å². The second-order valence-electron chi connectivity index (χ2n) is 5.41. The van der Waals surface area contributed by atoms with Gasteiger partial charge in [-0.25, -0.2) is 4.39 Å². The molecular formula is C18H20FNO5. The Labute approximate surface area is 145 Å². The molecule has 0 radical (unpaired) electrons. The molecular weight excluding hydrogens is 329 g/mol. The van der Waals surface area contributed by atoms with Crippen LogP contribution in [0.4, 0.5) is 4.39 Å². The van der Waals surface area contributed by atoms with Crippen molar-refractivity contribution in [1.29, 1.82) is 0 Å². The maximum atomic E-state index is 12.8. The molecule has 0 N–H and O–H groups in total. The smallest absolute Gasteiger partial charge is 0.305 e. The van der Waals surface area contributed by atoms with Gasteiger partial charge < -0.3 is 18.8 Å². The zero-order valence-electron chi connectivity index (χ0n) is 14.2. The first kappa shape index (κ1) is 18.5. The van der Waals surface area contributed by atoms with E-state index in [1.165, 1.54) is 36.3 Å². The number of benzene rings is 1. The normalized spacial score (nSPS) is 10.4. The number of carbonyl (C=O) groups excluding carboxylic acids is 2. The fourth-order valence-electron chi connectivity index (χ4n) is 2.11. The Balaban J connectivity index is 1.83. The quantitative estimate of drug-likeness (QED) is 0.685. The summed E-state index contributed by atoms with van der Waals surface area (Å²) in [7, 11) is 2.96. The number of furan rings is 1. The van der Waals surface area contributed by atoms with E-state index >= 15 is 0 Å². The van der Waals surface area contributed by atoms with E-state index in [-0.39, 0.29) is 36.5 Å². The Morgan fingerprint density at radius 1 is 1.16 bits per heavy atom. The molecule has 0 aliphatic carbocycles. The van der Waals surface area contributed by atoms with Gasteiger partial charge in [0.25, 0.3) is 5.91 Å². The van der Waals surface area contributed by atoms with Gasteiger partial charge in [0.05, 0.1) is 7.11 Å². The van der Waals surface area contributed by atoms with Gasteiger partial charge >= 0.3 is 5.97 Å². The predicted molar refractivity (Wildman–Crippen MR) is 87.7 cm³/mol. The Hall–Kier alpha value is -2.83. The number of hydrogen-bond acceptors (Lipinski definition) is 5. The number of halogens is 1. The fraction of sp³-hybridized carbons (Fsp3) is 0.333. The first-order chi connectivity index (χ1) is 12.0. The van der Waals surface area contributed by atoms with Gasteiger partial charge in [-0.3, -0.25) is 9.59 Å². The van der Waals surface area contributed by atoms with Crippen LogP contribution in [0, 0.1) is 5.82 Å². The summed E-state index contributed by atoms with van der Waals surface area (Å²) in [5.74, 6) is 0.255. The number of ether oxygens (including phenoxy) is 2. The molecule has 0 saturated heterocycles. The molecule has 0 spiro atoms. The van der Waals surface area contributed by atoms with Crippen LogP contribution in [0.1, 0.15) is 29.2 Å². The lowest BCUT2D eigenvalue weighted by Crippen LogP contribution is -2.27. The summed E-state index contributed by atoms with van der Waals surface area (Å²) < 4.78 is 28.3. The number of nitrogens with zero attached hydrogens (tertiary/aromatic N) is 1. The average molecular weight is 349 g/mol. The van der Waals surface area contributed by atoms with Crippen molar-refractivity contribution in [2.45, 2.75) is 19.4 Å². The van der Waals surface area contributed by atoms with Gasteiger partial charge in [0.15, 0.2) is 5.76 Å². The van der Waals surface area contributed by atoms with Gasteiger partial charge in [-0.05, 0) is 42.8 Å². The number of amides is 1. The monoisotopic (exact) mass is 349 g/mol. The molecule has 1 aromatic carbocycles. The lowest BCUT2D eigenvalue weighted by Gasteiger charge is -2.15. The van der Waals surface area contributed by atoms with Gasteiger partial charge in [-0.1, -0.05) is 0 Å². The predicted octanol–water partition coefficient (Wildman–Crippen LogP) is 3.02. The van der Waals surface area contributed by atoms with Crippen LogP contribution in [0.5, 0.6) is 5.75 Å². The van der Waals surface area contributed by atoms with E-state index in [4.69, 9.17) is 9.15 Å². The SMILES string of the molecule is COC(=O)CCCN(C)C(=O)c1ccc(COc2ccc(F)cc2)o1. The molecule has 0 aliphatic rings. The number of carbonyl (C=O) groups is 2. The summed E-state index contributed by atoms with van der Waals surface area (Å²) >= 11 is 0. The summed E-state index contributed by atoms with van der Waals surface area (Å²) in [5.41, 5.74) is 0. The summed E-state index contributed by atoms with van der Waals surface area (Å²) in [6.45, 7) is 0.543. The molecule has 1 aromatic heterocycles. The van der Waals surface area contributed by atoms with E-state index in [0.717, 1.165) is 0 Å². The highest BCUT2D eigenvalue weighted by atomic mass is 19.1. The third-order valence-corrected chi connectivity index (χ3v) is 3.52. The van der Waals surface area contributed by atoms with E-state index in [1.54, 1.807) is 19.2 Å². The average Bonchev–Trinajstić information content (AvgIpc) is 3.09. The van der Waals surface area contributed by atoms with Crippen molar-refractivity contribution in [3.63, 3.8) is 0 Å². The molecule has 2 rings (SSSR count). The van der Waals surface area contributed by atoms with E-state index < -0.39 is 0 Å². The van der Waals surface area contributed by atoms with E-state index in [2.05, 4.69) is 4.74 Å². The largest absolute Gasteiger partial charge is 0.486 e. The highest BCUT2D eigenvalue weighted by molar-refractivity contribution is 5.91. The van der Waals surface area contributed by atoms with Crippen LogP contribution in [0.3, 0.4) is 0 Å². The van der Waals surface area contributed by atoms with E-state index in [0.29, 0.717) is 24.5 Å². The lowest BCUT2D eigenvalue weighted by atomic mass is 10.3. The molecule has 134 valence electrons. The highest BCUT2D eigenvalue weighted by Crippen LogP contribution is 2.16. The maximum absolute atomic E-state index is 12.8. The summed E-state index contributed by atoms with van der Waals surface area (Å²) in [6.07, 6.45) is 0.763. The topological polar surface area (TPSA) is 69.0 Å². The van der Waals surface area contributed by atoms with Gasteiger partial charge in [-0.15, -0.1) is 0 Å². The minimum atomic E-state index is -0.339. The van der Waals surface area contributed by atoms with Gasteiger partial charge in [0.1, 0.15) is 23.9 Å². The molecule has 6 nitrogen and oxygen atoms in total. The highest BCUT2D eigenvalue weighted by Gasteiger charge is 2.16. The molecule has 0 fully saturated rings. The molecule has 1 heterocycles. The van der Waals surface area contributed by atoms with Crippen LogP contribution in [0.25, 0.3) is 0 Å². The molecule has 2 aromatic rings. The van der Waals surface area contributed by atoms with E-state index in [9.17, 15) is 14.0 Å². The van der Waals surface area contributed by atoms with Crippen molar-refractivity contribution in [3.05, 3.63) is 53.7 Å². The van der Waals surface area contributed by atoms with Crippen LogP contribution in [-0.4, -0.2) is 37.5 Å². The van der Waals surface area contributed by atoms with Crippen LogP contribution in [0.2, 0.25) is 0 Å². The maximum Gasteiger partial charge on any atom is 0.305 e. The molecule has 0 atom stereocenters. The Bertz CT molecular complexity index is 711. The number of methoxy groups -OCH3 is 1. The molecule has 0 saturated carbocycles. The fourth-order valence-corrected chi connectivity index (χ4v) is 2.11. The summed E-state index contributed by atoms with van der Waals surface area (Å²) in [6, 6.07) is 8.85. The minimum Gasteiger partial charge on any atom is -0.486 e. The first-order valence-electron chi connectivity index (χ1n) is 7.79. The van der Waals surface area contributed by atoms with Crippen LogP contribution < -0.4 is 4.74 Å². The van der Waals surface area contributed by atoms with E-state index in [1.807, 2.05) is 0 Å². The second kappa shape index (κ2) is 8.86. The Morgan fingerprint density at radius 2 is 1.88 bits per heavy atom. The zero-order valence-corrected chi connectivity index (χ0v) is 14.2. The van der Waals surface area contributed by atoms with Gasteiger partial charge in [-0.2, -0.15) is 0 Å². The number of rotatable bonds is 8. The summed E-state index contributed by atoms with van der Waals surface area (Å²) in [4.78, 5) is 24.8. The number of hydrogen-bond donors (Lipinski definition) is 0. The lowest BCUT2D eigenvalue weighted by molar-refractivity contribution is -0.140. The second-order valence-corrected chi connectivity index (χ2v) is 5.41. The van der Waals surface area contributed by atoms with Crippen LogP contribution in [0.15, 0.2) is 40.8 Å². The van der Waals surface area contributed by atoms with Crippen molar-refractivity contribution >= 4 is 11.9 Å². The van der Waals surface area contributed by atoms with Crippen molar-refractivity contribution in [2.75, 3.05) is 20.7 Å². The minimum absolute atomic E-state index is 0.130. The Kier molecular flexibility index (Phi) is 6.56. The van der Waals surface area contributed by atoms with Gasteiger partial charge in [0.2, 0.25) is 0 Å². The molecule has 0 aliphatic heterocycles. The standard InChI is InChI=1S/C18H20FNO5/c1-20(11-3-4-17(21)23-2)18(22)16-10-9-15(25-16)12-24-14-7-5-13(19)6-8-14/h5-10H,3-4,11-12H2,1-2H3. The molecule has 0 bridgehead atoms. The molecule has 1 amide bonds. The van der Waals surface area contributed by atoms with Crippen molar-refractivity contribution in [3.8, 4) is 5.75 Å². The summed E-state index contributed by atoms with van der Waals surface area (Å²) in [5, 5.41) is 0. The van der Waals surface area contributed by atoms with Crippen molar-refractivity contribution in [2.24, 2.45) is 0 Å². The first-order valence-corrected chi connectivity index (χ1v) is 7.79. The molecule has 25 heavy (non-hydrogen) atoms. The van der Waals surface area contributed by atoms with Crippen LogP contribution in [-0.2, 0) is 16.1 Å². The number of esters is 1. The van der Waals surface area contributed by atoms with Crippen LogP contribution >= 0.6 is 0 Å². The van der Waals surface area contributed by atoms with Gasteiger partial charge in [0, 0.05) is 20.0 Å². The van der Waals surface area contributed by atoms with Crippen molar-refractivity contribution in [1.82, 2.24) is 4.90 Å². The molecule has 0 unspecified atom stereocenters. The third kappa shape index (κ3) is 5.63. The molecule has 7 heteroatoms. The third-order valence-electron chi connectivity index (χ3n) is 3.52. The Morgan fingerprint density at radius 3 is 2.56 bits per heavy atom.